The van der Waals surface area contributed by atoms with Gasteiger partial charge in [0.15, 0.2) is 0 Å². The third-order valence-corrected chi connectivity index (χ3v) is 1.92. The average Bonchev–Trinajstić information content (AvgIpc) is 2.08. The molecule has 2 N–H and O–H groups in total. The van der Waals surface area contributed by atoms with Gasteiger partial charge in [-0.05, 0) is 11.1 Å². The molecule has 0 radical (unpaired) electrons. The quantitative estimate of drug-likeness (QED) is 0.754. The zero-order valence-corrected chi connectivity index (χ0v) is 9.99. The maximum absolute atomic E-state index is 10.5. The number of carbonyl (C=O) groups is 2. The lowest BCUT2D eigenvalue weighted by molar-refractivity contribution is 0.0648. The Hall–Kier alpha value is -1.62. The van der Waals surface area contributed by atoms with E-state index in [9.17, 15) is 9.59 Å². The molecule has 0 aromatic rings. The van der Waals surface area contributed by atoms with Gasteiger partial charge < -0.3 is 10.2 Å². The van der Waals surface area contributed by atoms with E-state index < -0.39 is 11.9 Å². The number of aromatic carboxylic acids is 2. The summed E-state index contributed by atoms with van der Waals surface area (Å²) < 4.78 is 0. The van der Waals surface area contributed by atoms with Crippen LogP contribution in [-0.4, -0.2) is 31.7 Å². The van der Waals surface area contributed by atoms with Crippen molar-refractivity contribution in [1.82, 2.24) is 0 Å². The Kier molecular flexibility index (Phi) is 3.26. The first-order valence-corrected chi connectivity index (χ1v) is 7.51. The van der Waals surface area contributed by atoms with Gasteiger partial charge in [0.2, 0.25) is 0 Å². The van der Waals surface area contributed by atoms with E-state index in [1.807, 2.05) is 0 Å². The van der Waals surface area contributed by atoms with Crippen molar-refractivity contribution >= 4 is 21.5 Å². The summed E-state index contributed by atoms with van der Waals surface area (Å²) in [5.41, 5.74) is 0.972. The predicted octanol–water partition coefficient (Wildman–Crippen LogP) is 1.31. The van der Waals surface area contributed by atoms with Gasteiger partial charge in [-0.25, -0.2) is 9.59 Å². The van der Waals surface area contributed by atoms with Gasteiger partial charge in [0, 0.05) is 9.52 Å². The topological polar surface area (TPSA) is 74.6 Å². The Bertz CT molecular complexity index is 387. The van der Waals surface area contributed by atoms with Crippen molar-refractivity contribution in [2.75, 3.05) is 0 Å². The molecule has 0 aliphatic heterocycles. The first kappa shape index (κ1) is 11.5. The molecule has 0 unspecified atom stereocenters. The van der Waals surface area contributed by atoms with Crippen LogP contribution >= 0.6 is 0 Å². The molecule has 4 nitrogen and oxygen atoms in total. The van der Waals surface area contributed by atoms with E-state index >= 15 is 0 Å². The summed E-state index contributed by atoms with van der Waals surface area (Å²) in [5.74, 6) is -2.34. The van der Waals surface area contributed by atoms with Gasteiger partial charge >= 0.3 is 11.9 Å². The number of benzene rings is 1. The van der Waals surface area contributed by atoms with Crippen molar-refractivity contribution in [2.45, 2.75) is 13.1 Å². The standard InChI is InChI=1S/C8H4O4.C2H8Si/c9-7(10)5-3-1-2-4(3)6(5)8(11)12;1-3-2/h1-2H,(H,9,10)(H,11,12);3H2,1-2H3. The normalized spacial score (nSPS) is 10.0. The first-order chi connectivity index (χ1) is 7.04. The minimum Gasteiger partial charge on any atom is -0.478 e. The molecule has 0 saturated carbocycles. The second-order valence-electron chi connectivity index (χ2n) is 3.23. The summed E-state index contributed by atoms with van der Waals surface area (Å²) in [5, 5.41) is 17.2. The lowest BCUT2D eigenvalue weighted by atomic mass is 9.79. The second-order valence-corrected chi connectivity index (χ2v) is 4.64. The lowest BCUT2D eigenvalue weighted by Gasteiger charge is -2.22. The fraction of sp³-hybridized carbons (Fsp3) is 0.200. The number of carboxylic acid groups (broad SMARTS) is 2. The Morgan fingerprint density at radius 2 is 1.27 bits per heavy atom. The number of carboxylic acids is 2. The van der Waals surface area contributed by atoms with Crippen LogP contribution in [0.25, 0.3) is 11.1 Å². The lowest BCUT2D eigenvalue weighted by Crippen LogP contribution is -2.19. The third-order valence-electron chi connectivity index (χ3n) is 1.92. The highest BCUT2D eigenvalue weighted by molar-refractivity contribution is 6.31. The highest BCUT2D eigenvalue weighted by Crippen LogP contribution is 2.42. The van der Waals surface area contributed by atoms with E-state index in [1.54, 1.807) is 12.1 Å². The molecule has 2 aliphatic rings. The van der Waals surface area contributed by atoms with Crippen molar-refractivity contribution in [3.8, 4) is 11.1 Å². The van der Waals surface area contributed by atoms with Crippen LogP contribution in [0.15, 0.2) is 12.1 Å². The van der Waals surface area contributed by atoms with E-state index in [0.29, 0.717) is 20.6 Å². The molecular formula is C10H12O4Si. The van der Waals surface area contributed by atoms with Crippen molar-refractivity contribution in [3.63, 3.8) is 0 Å². The summed E-state index contributed by atoms with van der Waals surface area (Å²) in [4.78, 5) is 21.0. The Morgan fingerprint density at radius 1 is 1.00 bits per heavy atom. The van der Waals surface area contributed by atoms with Crippen molar-refractivity contribution in [3.05, 3.63) is 23.3 Å². The minimum atomic E-state index is -1.17. The molecule has 0 heterocycles. The van der Waals surface area contributed by atoms with Gasteiger partial charge in [0.25, 0.3) is 0 Å². The van der Waals surface area contributed by atoms with Crippen LogP contribution in [0.4, 0.5) is 0 Å². The third kappa shape index (κ3) is 1.78. The van der Waals surface area contributed by atoms with E-state index in [-0.39, 0.29) is 11.1 Å². The van der Waals surface area contributed by atoms with Crippen molar-refractivity contribution < 1.29 is 19.8 Å². The van der Waals surface area contributed by atoms with E-state index in [1.165, 1.54) is 0 Å². The van der Waals surface area contributed by atoms with Gasteiger partial charge in [-0.15, -0.1) is 0 Å². The molecule has 2 aliphatic carbocycles. The summed E-state index contributed by atoms with van der Waals surface area (Å²) in [7, 11) is 0.417. The molecule has 0 amide bonds. The smallest absolute Gasteiger partial charge is 0.337 e. The maximum Gasteiger partial charge on any atom is 0.337 e. The minimum absolute atomic E-state index is 0.0694. The highest BCUT2D eigenvalue weighted by atomic mass is 28.2. The monoisotopic (exact) mass is 224 g/mol. The Morgan fingerprint density at radius 3 is 1.40 bits per heavy atom. The van der Waals surface area contributed by atoms with Gasteiger partial charge in [-0.1, -0.05) is 25.2 Å². The number of hydrogen-bond acceptors (Lipinski definition) is 2. The van der Waals surface area contributed by atoms with E-state index in [2.05, 4.69) is 13.1 Å². The van der Waals surface area contributed by atoms with E-state index in [0.717, 1.165) is 0 Å². The molecule has 0 aromatic heterocycles. The predicted molar refractivity (Wildman–Crippen MR) is 59.6 cm³/mol. The molecule has 5 heteroatoms. The number of rotatable bonds is 2. The average molecular weight is 224 g/mol. The van der Waals surface area contributed by atoms with Crippen LogP contribution in [0, 0.1) is 0 Å². The molecule has 0 aromatic carbocycles. The second kappa shape index (κ2) is 4.27. The molecule has 15 heavy (non-hydrogen) atoms. The molecule has 0 bridgehead atoms. The highest BCUT2D eigenvalue weighted by Gasteiger charge is 2.33. The molecular weight excluding hydrogens is 212 g/mol. The van der Waals surface area contributed by atoms with E-state index in [4.69, 9.17) is 10.2 Å². The van der Waals surface area contributed by atoms with Crippen molar-refractivity contribution in [1.29, 1.82) is 0 Å². The summed E-state index contributed by atoms with van der Waals surface area (Å²) >= 11 is 0. The maximum atomic E-state index is 10.5. The molecule has 0 spiro atoms. The van der Waals surface area contributed by atoms with Crippen LogP contribution in [-0.2, 0) is 0 Å². The molecule has 0 saturated heterocycles. The number of hydrogen-bond donors (Lipinski definition) is 2. The Labute approximate surface area is 89.4 Å². The largest absolute Gasteiger partial charge is 0.478 e. The zero-order valence-electron chi connectivity index (χ0n) is 8.57. The molecule has 80 valence electrons. The molecule has 0 fully saturated rings. The number of fused-ring (bicyclic) bond motifs is 1. The summed E-state index contributed by atoms with van der Waals surface area (Å²) in [6.07, 6.45) is 0. The van der Waals surface area contributed by atoms with Gasteiger partial charge in [-0.2, -0.15) is 0 Å². The van der Waals surface area contributed by atoms with Gasteiger partial charge in [0.05, 0.1) is 11.1 Å². The zero-order chi connectivity index (χ0) is 11.6. The van der Waals surface area contributed by atoms with Crippen LogP contribution in [0.1, 0.15) is 20.7 Å². The van der Waals surface area contributed by atoms with Crippen LogP contribution < -0.4 is 0 Å². The molecule has 2 rings (SSSR count). The molecule has 0 atom stereocenters. The SMILES string of the molecule is C[SiH2]C.O=C(O)c1c2ccc-2c1C(=O)O. The fourth-order valence-corrected chi connectivity index (χ4v) is 1.34. The fourth-order valence-electron chi connectivity index (χ4n) is 1.34. The van der Waals surface area contributed by atoms with Crippen LogP contribution in [0.2, 0.25) is 13.1 Å². The summed E-state index contributed by atoms with van der Waals surface area (Å²) in [6.45, 7) is 4.53. The van der Waals surface area contributed by atoms with Crippen LogP contribution in [0.3, 0.4) is 0 Å². The van der Waals surface area contributed by atoms with Gasteiger partial charge in [0.1, 0.15) is 0 Å². The summed E-state index contributed by atoms with van der Waals surface area (Å²) in [6, 6.07) is 3.20. The van der Waals surface area contributed by atoms with Gasteiger partial charge in [-0.3, -0.25) is 0 Å². The Balaban J connectivity index is 0.000000337. The first-order valence-electron chi connectivity index (χ1n) is 4.68. The van der Waals surface area contributed by atoms with Crippen LogP contribution in [0.5, 0.6) is 0 Å². The van der Waals surface area contributed by atoms with Crippen molar-refractivity contribution in [2.24, 2.45) is 0 Å².